The van der Waals surface area contributed by atoms with Gasteiger partial charge in [0.15, 0.2) is 0 Å². The largest absolute Gasteiger partial charge is 0.325 e. The Morgan fingerprint density at radius 1 is 1.00 bits per heavy atom. The monoisotopic (exact) mass is 336 g/mol. The molecule has 0 aromatic heterocycles. The average Bonchev–Trinajstić information content (AvgIpc) is 2.95. The molecule has 1 unspecified atom stereocenters. The van der Waals surface area contributed by atoms with Crippen molar-refractivity contribution in [3.63, 3.8) is 0 Å². The van der Waals surface area contributed by atoms with Gasteiger partial charge in [0.1, 0.15) is 0 Å². The van der Waals surface area contributed by atoms with E-state index in [1.807, 2.05) is 64.1 Å². The number of rotatable bonds is 3. The maximum atomic E-state index is 12.7. The fourth-order valence-electron chi connectivity index (χ4n) is 3.26. The van der Waals surface area contributed by atoms with Gasteiger partial charge in [0.05, 0.1) is 5.92 Å². The molecule has 1 saturated heterocycles. The predicted octanol–water partition coefficient (Wildman–Crippen LogP) is 3.91. The Labute approximate surface area is 148 Å². The van der Waals surface area contributed by atoms with Crippen molar-refractivity contribution in [3.05, 3.63) is 58.7 Å². The van der Waals surface area contributed by atoms with E-state index in [4.69, 9.17) is 0 Å². The lowest BCUT2D eigenvalue weighted by Crippen LogP contribution is -2.28. The van der Waals surface area contributed by atoms with Crippen LogP contribution in [0.15, 0.2) is 36.4 Å². The maximum Gasteiger partial charge on any atom is 0.229 e. The van der Waals surface area contributed by atoms with E-state index in [0.717, 1.165) is 28.1 Å². The highest BCUT2D eigenvalue weighted by atomic mass is 16.2. The summed E-state index contributed by atoms with van der Waals surface area (Å²) in [6.45, 7) is 8.46. The van der Waals surface area contributed by atoms with E-state index in [0.29, 0.717) is 6.54 Å². The lowest BCUT2D eigenvalue weighted by atomic mass is 10.1. The fraction of sp³-hybridized carbons (Fsp3) is 0.333. The maximum absolute atomic E-state index is 12.7. The minimum atomic E-state index is -0.326. The summed E-state index contributed by atoms with van der Waals surface area (Å²) in [4.78, 5) is 26.8. The third-order valence-electron chi connectivity index (χ3n) is 5.03. The van der Waals surface area contributed by atoms with E-state index >= 15 is 0 Å². The fourth-order valence-corrected chi connectivity index (χ4v) is 3.26. The molecule has 0 spiro atoms. The van der Waals surface area contributed by atoms with Crippen LogP contribution < -0.4 is 10.2 Å². The number of benzene rings is 2. The Bertz CT molecular complexity index is 822. The molecule has 0 radical (unpaired) electrons. The first-order valence-corrected chi connectivity index (χ1v) is 8.61. The number of para-hydroxylation sites is 1. The molecule has 0 aliphatic carbocycles. The lowest BCUT2D eigenvalue weighted by molar-refractivity contribution is -0.122. The van der Waals surface area contributed by atoms with Crippen LogP contribution in [0.2, 0.25) is 0 Å². The van der Waals surface area contributed by atoms with Crippen molar-refractivity contribution >= 4 is 23.2 Å². The van der Waals surface area contributed by atoms with Gasteiger partial charge in [-0.15, -0.1) is 0 Å². The lowest BCUT2D eigenvalue weighted by Gasteiger charge is -2.18. The molecule has 1 heterocycles. The van der Waals surface area contributed by atoms with Gasteiger partial charge in [0.25, 0.3) is 0 Å². The summed E-state index contributed by atoms with van der Waals surface area (Å²) in [5, 5.41) is 3.02. The van der Waals surface area contributed by atoms with E-state index in [9.17, 15) is 9.59 Å². The van der Waals surface area contributed by atoms with Gasteiger partial charge in [0.2, 0.25) is 11.8 Å². The molecule has 25 heavy (non-hydrogen) atoms. The smallest absolute Gasteiger partial charge is 0.229 e. The third kappa shape index (κ3) is 3.43. The molecule has 1 N–H and O–H groups in total. The molecule has 1 atom stereocenters. The molecule has 0 saturated carbocycles. The molecular formula is C21H24N2O2. The average molecular weight is 336 g/mol. The van der Waals surface area contributed by atoms with Gasteiger partial charge in [-0.3, -0.25) is 9.59 Å². The van der Waals surface area contributed by atoms with Crippen LogP contribution in [0.1, 0.15) is 28.7 Å². The molecule has 4 heteroatoms. The van der Waals surface area contributed by atoms with E-state index < -0.39 is 0 Å². The second-order valence-electron chi connectivity index (χ2n) is 6.93. The highest BCUT2D eigenvalue weighted by Gasteiger charge is 2.35. The Balaban J connectivity index is 1.75. The molecule has 2 aromatic carbocycles. The van der Waals surface area contributed by atoms with Crippen LogP contribution in [0.4, 0.5) is 11.4 Å². The van der Waals surface area contributed by atoms with Gasteiger partial charge >= 0.3 is 0 Å². The standard InChI is InChI=1S/C21H24N2O2/c1-13-8-9-18(10-16(13)4)23-12-17(11-19(23)24)21(25)22-20-14(2)6-5-7-15(20)3/h5-10,17H,11-12H2,1-4H3,(H,22,25). The van der Waals surface area contributed by atoms with Crippen molar-refractivity contribution in [2.75, 3.05) is 16.8 Å². The van der Waals surface area contributed by atoms with Crippen molar-refractivity contribution in [1.29, 1.82) is 0 Å². The van der Waals surface area contributed by atoms with Crippen LogP contribution in [0.25, 0.3) is 0 Å². The molecule has 1 aliphatic rings. The summed E-state index contributed by atoms with van der Waals surface area (Å²) in [5.74, 6) is -0.407. The number of hydrogen-bond acceptors (Lipinski definition) is 2. The zero-order chi connectivity index (χ0) is 18.1. The Hall–Kier alpha value is -2.62. The van der Waals surface area contributed by atoms with Gasteiger partial charge in [-0.2, -0.15) is 0 Å². The van der Waals surface area contributed by atoms with Crippen LogP contribution in [-0.2, 0) is 9.59 Å². The third-order valence-corrected chi connectivity index (χ3v) is 5.03. The van der Waals surface area contributed by atoms with Gasteiger partial charge in [-0.05, 0) is 62.1 Å². The van der Waals surface area contributed by atoms with Gasteiger partial charge in [-0.1, -0.05) is 24.3 Å². The summed E-state index contributed by atoms with van der Waals surface area (Å²) < 4.78 is 0. The van der Waals surface area contributed by atoms with Crippen molar-refractivity contribution in [2.24, 2.45) is 5.92 Å². The predicted molar refractivity (Wildman–Crippen MR) is 101 cm³/mol. The quantitative estimate of drug-likeness (QED) is 0.924. The van der Waals surface area contributed by atoms with Crippen molar-refractivity contribution in [2.45, 2.75) is 34.1 Å². The van der Waals surface area contributed by atoms with Gasteiger partial charge in [-0.25, -0.2) is 0 Å². The number of carbonyl (C=O) groups is 2. The SMILES string of the molecule is Cc1ccc(N2CC(C(=O)Nc3c(C)cccc3C)CC2=O)cc1C. The highest BCUT2D eigenvalue weighted by Crippen LogP contribution is 2.28. The Morgan fingerprint density at radius 3 is 2.32 bits per heavy atom. The second-order valence-corrected chi connectivity index (χ2v) is 6.93. The van der Waals surface area contributed by atoms with Crippen LogP contribution in [-0.4, -0.2) is 18.4 Å². The minimum absolute atomic E-state index is 0.00455. The molecule has 0 bridgehead atoms. The summed E-state index contributed by atoms with van der Waals surface area (Å²) >= 11 is 0. The zero-order valence-electron chi connectivity index (χ0n) is 15.2. The van der Waals surface area contributed by atoms with Crippen LogP contribution in [0.3, 0.4) is 0 Å². The first-order valence-electron chi connectivity index (χ1n) is 8.61. The van der Waals surface area contributed by atoms with E-state index in [1.165, 1.54) is 5.56 Å². The van der Waals surface area contributed by atoms with Crippen LogP contribution in [0.5, 0.6) is 0 Å². The molecule has 2 amide bonds. The summed E-state index contributed by atoms with van der Waals surface area (Å²) in [5.41, 5.74) is 6.13. The number of anilines is 2. The number of aryl methyl sites for hydroxylation is 4. The molecule has 1 fully saturated rings. The molecule has 4 nitrogen and oxygen atoms in total. The number of hydrogen-bond donors (Lipinski definition) is 1. The van der Waals surface area contributed by atoms with E-state index in [2.05, 4.69) is 5.32 Å². The normalized spacial score (nSPS) is 17.0. The van der Waals surface area contributed by atoms with Crippen LogP contribution in [0, 0.1) is 33.6 Å². The minimum Gasteiger partial charge on any atom is -0.325 e. The molecule has 1 aliphatic heterocycles. The van der Waals surface area contributed by atoms with Gasteiger partial charge in [0, 0.05) is 24.3 Å². The topological polar surface area (TPSA) is 49.4 Å². The Morgan fingerprint density at radius 2 is 1.68 bits per heavy atom. The first kappa shape index (κ1) is 17.2. The van der Waals surface area contributed by atoms with Gasteiger partial charge < -0.3 is 10.2 Å². The summed E-state index contributed by atoms with van der Waals surface area (Å²) in [7, 11) is 0. The first-order chi connectivity index (χ1) is 11.9. The second kappa shape index (κ2) is 6.71. The molecule has 2 aromatic rings. The van der Waals surface area contributed by atoms with E-state index in [1.54, 1.807) is 4.90 Å². The summed E-state index contributed by atoms with van der Waals surface area (Å²) in [6, 6.07) is 11.9. The number of nitrogens with zero attached hydrogens (tertiary/aromatic N) is 1. The zero-order valence-corrected chi connectivity index (χ0v) is 15.2. The van der Waals surface area contributed by atoms with E-state index in [-0.39, 0.29) is 24.2 Å². The number of nitrogens with one attached hydrogen (secondary N) is 1. The van der Waals surface area contributed by atoms with Crippen molar-refractivity contribution in [1.82, 2.24) is 0 Å². The molecular weight excluding hydrogens is 312 g/mol. The molecule has 3 rings (SSSR count). The highest BCUT2D eigenvalue weighted by molar-refractivity contribution is 6.04. The van der Waals surface area contributed by atoms with Crippen LogP contribution >= 0.6 is 0 Å². The summed E-state index contributed by atoms with van der Waals surface area (Å²) in [6.07, 6.45) is 0.254. The molecule has 130 valence electrons. The van der Waals surface area contributed by atoms with Crippen molar-refractivity contribution < 1.29 is 9.59 Å². The number of carbonyl (C=O) groups excluding carboxylic acids is 2. The Kier molecular flexibility index (Phi) is 4.62. The number of amides is 2. The van der Waals surface area contributed by atoms with Crippen molar-refractivity contribution in [3.8, 4) is 0 Å².